The third kappa shape index (κ3) is 1.31. The molecule has 1 aliphatic carbocycles. The average molecular weight is 191 g/mol. The Kier molecular flexibility index (Phi) is 2.20. The second kappa shape index (κ2) is 2.61. The maximum atomic E-state index is 3.57. The topological polar surface area (TPSA) is 0 Å². The van der Waals surface area contributed by atoms with Crippen molar-refractivity contribution >= 4 is 15.9 Å². The van der Waals surface area contributed by atoms with E-state index in [1.54, 1.807) is 0 Å². The highest BCUT2D eigenvalue weighted by molar-refractivity contribution is 9.09. The van der Waals surface area contributed by atoms with Gasteiger partial charge >= 0.3 is 0 Å². The highest BCUT2D eigenvalue weighted by Crippen LogP contribution is 2.48. The fourth-order valence-electron chi connectivity index (χ4n) is 1.91. The molecule has 0 N–H and O–H groups in total. The Hall–Kier alpha value is 0.480. The number of hydrogen-bond acceptors (Lipinski definition) is 0. The van der Waals surface area contributed by atoms with Crippen molar-refractivity contribution < 1.29 is 0 Å². The molecule has 0 unspecified atom stereocenters. The van der Waals surface area contributed by atoms with Crippen molar-refractivity contribution in [3.63, 3.8) is 0 Å². The molecule has 1 fully saturated rings. The molecule has 0 aromatic carbocycles. The van der Waals surface area contributed by atoms with E-state index in [-0.39, 0.29) is 0 Å². The summed E-state index contributed by atoms with van der Waals surface area (Å²) in [4.78, 5) is 0. The average Bonchev–Trinajstić information content (AvgIpc) is 1.81. The lowest BCUT2D eigenvalue weighted by atomic mass is 9.63. The van der Waals surface area contributed by atoms with Crippen LogP contribution >= 0.6 is 15.9 Å². The van der Waals surface area contributed by atoms with Crippen molar-refractivity contribution in [3.05, 3.63) is 0 Å². The minimum absolute atomic E-state index is 0.694. The van der Waals surface area contributed by atoms with Crippen LogP contribution in [-0.2, 0) is 0 Å². The number of alkyl halides is 1. The predicted molar refractivity (Wildman–Crippen MR) is 44.9 cm³/mol. The van der Waals surface area contributed by atoms with E-state index in [9.17, 15) is 0 Å². The first-order valence-electron chi connectivity index (χ1n) is 3.78. The Balaban J connectivity index is 2.36. The molecule has 0 aromatic heterocycles. The minimum atomic E-state index is 0.694. The van der Waals surface area contributed by atoms with Gasteiger partial charge in [0.1, 0.15) is 0 Å². The zero-order chi connectivity index (χ0) is 6.91. The van der Waals surface area contributed by atoms with E-state index in [2.05, 4.69) is 29.8 Å². The Morgan fingerprint density at radius 2 is 2.11 bits per heavy atom. The summed E-state index contributed by atoms with van der Waals surface area (Å²) in [5.74, 6) is 0.988. The molecule has 0 aromatic rings. The number of halogens is 1. The fraction of sp³-hybridized carbons (Fsp3) is 1.00. The first kappa shape index (κ1) is 7.59. The SMILES string of the molecule is CCC1(CBr)CC(C)C1. The summed E-state index contributed by atoms with van der Waals surface area (Å²) < 4.78 is 0. The molecule has 1 rings (SSSR count). The normalized spacial score (nSPS) is 42.3. The molecule has 0 bridgehead atoms. The van der Waals surface area contributed by atoms with Gasteiger partial charge in [0, 0.05) is 5.33 Å². The lowest BCUT2D eigenvalue weighted by molar-refractivity contribution is 0.0906. The van der Waals surface area contributed by atoms with Crippen LogP contribution in [-0.4, -0.2) is 5.33 Å². The predicted octanol–water partition coefficient (Wildman–Crippen LogP) is 3.21. The quantitative estimate of drug-likeness (QED) is 0.588. The van der Waals surface area contributed by atoms with E-state index >= 15 is 0 Å². The van der Waals surface area contributed by atoms with Gasteiger partial charge in [0.2, 0.25) is 0 Å². The summed E-state index contributed by atoms with van der Waals surface area (Å²) in [5.41, 5.74) is 0.694. The Morgan fingerprint density at radius 3 is 2.22 bits per heavy atom. The van der Waals surface area contributed by atoms with Gasteiger partial charge in [-0.2, -0.15) is 0 Å². The summed E-state index contributed by atoms with van der Waals surface area (Å²) in [6.07, 6.45) is 4.23. The summed E-state index contributed by atoms with van der Waals surface area (Å²) >= 11 is 3.57. The van der Waals surface area contributed by atoms with E-state index in [1.165, 1.54) is 24.6 Å². The maximum Gasteiger partial charge on any atom is 0.00880 e. The first-order chi connectivity index (χ1) is 4.22. The van der Waals surface area contributed by atoms with Gasteiger partial charge in [0.05, 0.1) is 0 Å². The fourth-order valence-corrected chi connectivity index (χ4v) is 2.77. The van der Waals surface area contributed by atoms with Crippen molar-refractivity contribution in [1.29, 1.82) is 0 Å². The molecular weight excluding hydrogens is 176 g/mol. The molecule has 0 nitrogen and oxygen atoms in total. The molecule has 0 spiro atoms. The van der Waals surface area contributed by atoms with Gasteiger partial charge in [-0.3, -0.25) is 0 Å². The maximum absolute atomic E-state index is 3.57. The van der Waals surface area contributed by atoms with Crippen molar-refractivity contribution in [2.45, 2.75) is 33.1 Å². The molecule has 54 valence electrons. The van der Waals surface area contributed by atoms with E-state index < -0.39 is 0 Å². The molecule has 0 atom stereocenters. The van der Waals surface area contributed by atoms with E-state index in [0.29, 0.717) is 5.41 Å². The van der Waals surface area contributed by atoms with Crippen LogP contribution in [0.3, 0.4) is 0 Å². The Bertz CT molecular complexity index is 86.7. The summed E-state index contributed by atoms with van der Waals surface area (Å²) in [6, 6.07) is 0. The molecule has 0 amide bonds. The van der Waals surface area contributed by atoms with Gasteiger partial charge in [-0.1, -0.05) is 29.8 Å². The summed E-state index contributed by atoms with van der Waals surface area (Å²) in [6.45, 7) is 4.64. The van der Waals surface area contributed by atoms with Crippen LogP contribution in [0.1, 0.15) is 33.1 Å². The van der Waals surface area contributed by atoms with Crippen LogP contribution in [0, 0.1) is 11.3 Å². The molecular formula is C8H15Br. The molecule has 0 saturated heterocycles. The van der Waals surface area contributed by atoms with E-state index in [1.807, 2.05) is 0 Å². The first-order valence-corrected chi connectivity index (χ1v) is 4.90. The molecule has 9 heavy (non-hydrogen) atoms. The lowest BCUT2D eigenvalue weighted by Gasteiger charge is -2.45. The smallest absolute Gasteiger partial charge is 0.00880 e. The molecule has 0 aliphatic heterocycles. The van der Waals surface area contributed by atoms with Crippen LogP contribution in [0.2, 0.25) is 0 Å². The molecule has 0 radical (unpaired) electrons. The summed E-state index contributed by atoms with van der Waals surface area (Å²) in [7, 11) is 0. The third-order valence-electron chi connectivity index (χ3n) is 2.60. The van der Waals surface area contributed by atoms with Crippen LogP contribution < -0.4 is 0 Å². The van der Waals surface area contributed by atoms with Crippen molar-refractivity contribution in [3.8, 4) is 0 Å². The zero-order valence-corrected chi connectivity index (χ0v) is 7.87. The van der Waals surface area contributed by atoms with Gasteiger partial charge in [-0.15, -0.1) is 0 Å². The monoisotopic (exact) mass is 190 g/mol. The minimum Gasteiger partial charge on any atom is -0.0922 e. The largest absolute Gasteiger partial charge is 0.0922 e. The van der Waals surface area contributed by atoms with Gasteiger partial charge < -0.3 is 0 Å². The van der Waals surface area contributed by atoms with Crippen molar-refractivity contribution in [1.82, 2.24) is 0 Å². The second-order valence-electron chi connectivity index (χ2n) is 3.50. The number of rotatable bonds is 2. The van der Waals surface area contributed by atoms with Gasteiger partial charge in [0.15, 0.2) is 0 Å². The third-order valence-corrected chi connectivity index (χ3v) is 3.79. The molecule has 1 aliphatic rings. The standard InChI is InChI=1S/C8H15Br/c1-3-8(6-9)4-7(2)5-8/h7H,3-6H2,1-2H3. The lowest BCUT2D eigenvalue weighted by Crippen LogP contribution is -2.36. The molecule has 1 heteroatoms. The van der Waals surface area contributed by atoms with Crippen LogP contribution in [0.15, 0.2) is 0 Å². The Labute approximate surface area is 66.2 Å². The van der Waals surface area contributed by atoms with E-state index in [0.717, 1.165) is 5.92 Å². The van der Waals surface area contributed by atoms with Gasteiger partial charge in [-0.25, -0.2) is 0 Å². The Morgan fingerprint density at radius 1 is 1.56 bits per heavy atom. The van der Waals surface area contributed by atoms with Crippen molar-refractivity contribution in [2.75, 3.05) is 5.33 Å². The van der Waals surface area contributed by atoms with Crippen LogP contribution in [0.5, 0.6) is 0 Å². The highest BCUT2D eigenvalue weighted by atomic mass is 79.9. The van der Waals surface area contributed by atoms with E-state index in [4.69, 9.17) is 0 Å². The highest BCUT2D eigenvalue weighted by Gasteiger charge is 2.38. The van der Waals surface area contributed by atoms with Crippen LogP contribution in [0.25, 0.3) is 0 Å². The summed E-state index contributed by atoms with van der Waals surface area (Å²) in [5, 5.41) is 1.21. The van der Waals surface area contributed by atoms with Gasteiger partial charge in [0.25, 0.3) is 0 Å². The molecule has 1 saturated carbocycles. The zero-order valence-electron chi connectivity index (χ0n) is 6.28. The van der Waals surface area contributed by atoms with Crippen molar-refractivity contribution in [2.24, 2.45) is 11.3 Å². The van der Waals surface area contributed by atoms with Crippen LogP contribution in [0.4, 0.5) is 0 Å². The second-order valence-corrected chi connectivity index (χ2v) is 4.06. The molecule has 0 heterocycles. The number of hydrogen-bond donors (Lipinski definition) is 0. The van der Waals surface area contributed by atoms with Gasteiger partial charge in [-0.05, 0) is 30.6 Å².